The first-order valence-electron chi connectivity index (χ1n) is 4.58. The molecule has 15 heavy (non-hydrogen) atoms. The van der Waals surface area contributed by atoms with Gasteiger partial charge in [-0.15, -0.1) is 0 Å². The summed E-state index contributed by atoms with van der Waals surface area (Å²) in [6.07, 6.45) is 0. The van der Waals surface area contributed by atoms with Crippen LogP contribution in [0.15, 0.2) is 12.1 Å². The Balaban J connectivity index is 3.22. The van der Waals surface area contributed by atoms with Gasteiger partial charge in [0.15, 0.2) is 0 Å². The van der Waals surface area contributed by atoms with Crippen LogP contribution in [0.4, 0.5) is 5.69 Å². The fourth-order valence-electron chi connectivity index (χ4n) is 1.12. The number of hydrogen-bond acceptors (Lipinski definition) is 4. The van der Waals surface area contributed by atoms with Crippen molar-refractivity contribution in [3.05, 3.63) is 23.5 Å². The lowest BCUT2D eigenvalue weighted by Gasteiger charge is -2.09. The van der Waals surface area contributed by atoms with Gasteiger partial charge in [0.2, 0.25) is 0 Å². The molecule has 0 fully saturated rings. The molecule has 80 valence electrons. The lowest BCUT2D eigenvalue weighted by atomic mass is 10.1. The molecule has 1 amide bonds. The molecule has 1 aromatic heterocycles. The first kappa shape index (κ1) is 11.2. The minimum absolute atomic E-state index is 0.161. The van der Waals surface area contributed by atoms with E-state index in [1.54, 1.807) is 12.1 Å². The lowest BCUT2D eigenvalue weighted by molar-refractivity contribution is -0.112. The number of carbonyl (C=O) groups excluding carboxylic acids is 1. The van der Waals surface area contributed by atoms with E-state index in [-0.39, 0.29) is 17.3 Å². The third kappa shape index (κ3) is 2.31. The molecule has 1 aromatic rings. The number of rotatable bonds is 3. The molecule has 0 atom stereocenters. The smallest absolute Gasteiger partial charge is 0.268 e. The molecule has 0 aliphatic carbocycles. The highest BCUT2D eigenvalue weighted by molar-refractivity contribution is 6.44. The Kier molecular flexibility index (Phi) is 3.04. The zero-order valence-corrected chi connectivity index (χ0v) is 8.74. The molecule has 1 rings (SSSR count). The molecule has 5 nitrogen and oxygen atoms in total. The van der Waals surface area contributed by atoms with E-state index in [0.717, 1.165) is 5.69 Å². The quantitative estimate of drug-likeness (QED) is 0.632. The van der Waals surface area contributed by atoms with Gasteiger partial charge in [0.1, 0.15) is 11.4 Å². The Hall–Kier alpha value is -1.91. The Morgan fingerprint density at radius 2 is 2.07 bits per heavy atom. The van der Waals surface area contributed by atoms with Crippen LogP contribution in [-0.4, -0.2) is 16.6 Å². The zero-order valence-electron chi connectivity index (χ0n) is 8.74. The average Bonchev–Trinajstić information content (AvgIpc) is 2.16. The molecule has 0 spiro atoms. The Morgan fingerprint density at radius 3 is 2.53 bits per heavy atom. The molecular weight excluding hydrogens is 192 g/mol. The van der Waals surface area contributed by atoms with Gasteiger partial charge in [-0.25, -0.2) is 4.98 Å². The summed E-state index contributed by atoms with van der Waals surface area (Å²) in [7, 11) is 0. The van der Waals surface area contributed by atoms with Crippen LogP contribution in [-0.2, 0) is 4.79 Å². The number of nitrogen functional groups attached to an aromatic ring is 1. The third-order valence-corrected chi connectivity index (χ3v) is 2.02. The van der Waals surface area contributed by atoms with Crippen LogP contribution in [0.3, 0.4) is 0 Å². The average molecular weight is 206 g/mol. The first-order valence-corrected chi connectivity index (χ1v) is 4.58. The van der Waals surface area contributed by atoms with Crippen molar-refractivity contribution in [2.24, 2.45) is 5.73 Å². The van der Waals surface area contributed by atoms with Crippen LogP contribution >= 0.6 is 0 Å². The summed E-state index contributed by atoms with van der Waals surface area (Å²) in [5.74, 6) is -0.611. The van der Waals surface area contributed by atoms with E-state index in [9.17, 15) is 4.79 Å². The minimum atomic E-state index is -0.824. The first-order chi connectivity index (χ1) is 6.93. The molecule has 0 bridgehead atoms. The maximum Gasteiger partial charge on any atom is 0.268 e. The number of amides is 1. The minimum Gasteiger partial charge on any atom is -0.397 e. The van der Waals surface area contributed by atoms with E-state index in [2.05, 4.69) is 4.98 Å². The summed E-state index contributed by atoms with van der Waals surface area (Å²) in [5.41, 5.74) is 11.5. The SMILES string of the molecule is CC(C)c1ccc(N)c(C(=N)C(N)=O)n1. The van der Waals surface area contributed by atoms with Crippen molar-refractivity contribution >= 4 is 17.3 Å². The molecule has 0 saturated heterocycles. The summed E-state index contributed by atoms with van der Waals surface area (Å²) in [4.78, 5) is 15.0. The Morgan fingerprint density at radius 1 is 1.47 bits per heavy atom. The van der Waals surface area contributed by atoms with Gasteiger partial charge in [-0.2, -0.15) is 0 Å². The predicted octanol–water partition coefficient (Wildman–Crippen LogP) is 0.640. The van der Waals surface area contributed by atoms with E-state index in [0.29, 0.717) is 5.69 Å². The van der Waals surface area contributed by atoms with E-state index in [1.807, 2.05) is 13.8 Å². The predicted molar refractivity (Wildman–Crippen MR) is 58.8 cm³/mol. The number of anilines is 1. The summed E-state index contributed by atoms with van der Waals surface area (Å²) in [6, 6.07) is 3.41. The van der Waals surface area contributed by atoms with Crippen molar-refractivity contribution in [3.8, 4) is 0 Å². The standard InChI is InChI=1S/C10H14N4O/c1-5(2)7-4-3-6(11)9(14-7)8(12)10(13)15/h3-5,12H,11H2,1-2H3,(H2,13,15). The number of carbonyl (C=O) groups is 1. The lowest BCUT2D eigenvalue weighted by Crippen LogP contribution is -2.25. The van der Waals surface area contributed by atoms with Crippen LogP contribution < -0.4 is 11.5 Å². The van der Waals surface area contributed by atoms with Crippen molar-refractivity contribution in [3.63, 3.8) is 0 Å². The molecule has 0 radical (unpaired) electrons. The van der Waals surface area contributed by atoms with Crippen molar-refractivity contribution in [2.45, 2.75) is 19.8 Å². The summed E-state index contributed by atoms with van der Waals surface area (Å²) in [6.45, 7) is 3.94. The van der Waals surface area contributed by atoms with Crippen LogP contribution in [0.2, 0.25) is 0 Å². The molecule has 0 unspecified atom stereocenters. The van der Waals surface area contributed by atoms with Gasteiger partial charge in [-0.05, 0) is 18.1 Å². The largest absolute Gasteiger partial charge is 0.397 e. The molecule has 0 saturated carbocycles. The topological polar surface area (TPSA) is 106 Å². The maximum atomic E-state index is 10.8. The normalized spacial score (nSPS) is 10.3. The third-order valence-electron chi connectivity index (χ3n) is 2.02. The fraction of sp³-hybridized carbons (Fsp3) is 0.300. The van der Waals surface area contributed by atoms with Gasteiger partial charge in [0, 0.05) is 5.69 Å². The fourth-order valence-corrected chi connectivity index (χ4v) is 1.12. The van der Waals surface area contributed by atoms with Gasteiger partial charge in [0.05, 0.1) is 5.69 Å². The second-order valence-electron chi connectivity index (χ2n) is 3.57. The van der Waals surface area contributed by atoms with E-state index in [1.165, 1.54) is 0 Å². The number of primary amides is 1. The molecule has 0 aliphatic heterocycles. The number of nitrogens with two attached hydrogens (primary N) is 2. The number of nitrogens with one attached hydrogen (secondary N) is 1. The Bertz CT molecular complexity index is 412. The molecule has 0 aromatic carbocycles. The summed E-state index contributed by atoms with van der Waals surface area (Å²) >= 11 is 0. The van der Waals surface area contributed by atoms with Crippen molar-refractivity contribution in [1.82, 2.24) is 4.98 Å². The van der Waals surface area contributed by atoms with E-state index >= 15 is 0 Å². The monoisotopic (exact) mass is 206 g/mol. The summed E-state index contributed by atoms with van der Waals surface area (Å²) in [5, 5.41) is 7.45. The second kappa shape index (κ2) is 4.08. The van der Waals surface area contributed by atoms with Gasteiger partial charge in [0.25, 0.3) is 5.91 Å². The van der Waals surface area contributed by atoms with Gasteiger partial charge >= 0.3 is 0 Å². The van der Waals surface area contributed by atoms with Crippen LogP contribution in [0.5, 0.6) is 0 Å². The number of hydrogen-bond donors (Lipinski definition) is 3. The zero-order chi connectivity index (χ0) is 11.6. The molecule has 0 aliphatic rings. The van der Waals surface area contributed by atoms with Crippen LogP contribution in [0.1, 0.15) is 31.2 Å². The highest BCUT2D eigenvalue weighted by atomic mass is 16.1. The van der Waals surface area contributed by atoms with Crippen molar-refractivity contribution in [1.29, 1.82) is 5.41 Å². The highest BCUT2D eigenvalue weighted by Crippen LogP contribution is 2.16. The van der Waals surface area contributed by atoms with Crippen LogP contribution in [0, 0.1) is 5.41 Å². The number of nitrogens with zero attached hydrogens (tertiary/aromatic N) is 1. The maximum absolute atomic E-state index is 10.8. The summed E-state index contributed by atoms with van der Waals surface area (Å²) < 4.78 is 0. The number of pyridine rings is 1. The van der Waals surface area contributed by atoms with Crippen molar-refractivity contribution < 1.29 is 4.79 Å². The van der Waals surface area contributed by atoms with Gasteiger partial charge < -0.3 is 11.5 Å². The number of aromatic nitrogens is 1. The molecular formula is C10H14N4O. The van der Waals surface area contributed by atoms with Gasteiger partial charge in [-0.3, -0.25) is 10.2 Å². The molecule has 5 heteroatoms. The molecule has 1 heterocycles. The van der Waals surface area contributed by atoms with Crippen LogP contribution in [0.25, 0.3) is 0 Å². The second-order valence-corrected chi connectivity index (χ2v) is 3.57. The van der Waals surface area contributed by atoms with E-state index in [4.69, 9.17) is 16.9 Å². The molecule has 5 N–H and O–H groups in total. The highest BCUT2D eigenvalue weighted by Gasteiger charge is 2.14. The Labute approximate surface area is 88.0 Å². The van der Waals surface area contributed by atoms with Gasteiger partial charge in [-0.1, -0.05) is 13.8 Å². The van der Waals surface area contributed by atoms with Crippen molar-refractivity contribution in [2.75, 3.05) is 5.73 Å². The van der Waals surface area contributed by atoms with E-state index < -0.39 is 5.91 Å².